The molecule has 1 saturated heterocycles. The molecule has 1 aliphatic heterocycles. The molecule has 4 rings (SSSR count). The van der Waals surface area contributed by atoms with Crippen LogP contribution < -0.4 is 4.90 Å². The summed E-state index contributed by atoms with van der Waals surface area (Å²) in [6.45, 7) is 2.14. The molecule has 0 aliphatic carbocycles. The van der Waals surface area contributed by atoms with Crippen molar-refractivity contribution in [3.8, 4) is 11.5 Å². The Hall–Kier alpha value is -3.50. The molecular weight excluding hydrogens is 425 g/mol. The summed E-state index contributed by atoms with van der Waals surface area (Å²) in [6.07, 6.45) is -0.699. The molecule has 0 bridgehead atoms. The Morgan fingerprint density at radius 3 is 2.66 bits per heavy atom. The van der Waals surface area contributed by atoms with Crippen LogP contribution in [0.5, 0.6) is 0 Å². The highest BCUT2D eigenvalue weighted by molar-refractivity contribution is 5.76. The number of hydrogen-bond acceptors (Lipinski definition) is 7. The lowest BCUT2D eigenvalue weighted by Gasteiger charge is -2.23. The summed E-state index contributed by atoms with van der Waals surface area (Å²) in [5.74, 6) is 1.18. The minimum atomic E-state index is -4.41. The molecule has 8 nitrogen and oxygen atoms in total. The first-order valence-electron chi connectivity index (χ1n) is 10.2. The molecule has 1 amide bonds. The molecule has 0 spiro atoms. The van der Waals surface area contributed by atoms with Crippen molar-refractivity contribution in [1.82, 2.24) is 25.0 Å². The van der Waals surface area contributed by atoms with Crippen molar-refractivity contribution in [1.29, 1.82) is 0 Å². The summed E-state index contributed by atoms with van der Waals surface area (Å²) in [5, 5.41) is 3.90. The van der Waals surface area contributed by atoms with Crippen LogP contribution in [0.15, 0.2) is 47.2 Å². The maximum atomic E-state index is 12.7. The van der Waals surface area contributed by atoms with E-state index in [4.69, 9.17) is 4.52 Å². The number of carbonyl (C=O) groups excluding carboxylic acids is 1. The minimum Gasteiger partial charge on any atom is -0.355 e. The maximum Gasteiger partial charge on any atom is 0.417 e. The van der Waals surface area contributed by atoms with E-state index in [9.17, 15) is 18.0 Å². The van der Waals surface area contributed by atoms with E-state index in [2.05, 4.69) is 20.1 Å². The molecule has 0 atom stereocenters. The van der Waals surface area contributed by atoms with Gasteiger partial charge in [-0.05, 0) is 30.7 Å². The predicted molar refractivity (Wildman–Crippen MR) is 108 cm³/mol. The third-order valence-electron chi connectivity index (χ3n) is 5.16. The molecule has 0 saturated carbocycles. The van der Waals surface area contributed by atoms with E-state index in [0.29, 0.717) is 62.2 Å². The van der Waals surface area contributed by atoms with Crippen molar-refractivity contribution in [2.24, 2.45) is 0 Å². The lowest BCUT2D eigenvalue weighted by molar-refractivity contribution is -0.137. The topological polar surface area (TPSA) is 88.2 Å². The smallest absolute Gasteiger partial charge is 0.355 e. The van der Waals surface area contributed by atoms with Gasteiger partial charge < -0.3 is 14.3 Å². The van der Waals surface area contributed by atoms with Crippen LogP contribution in [0.25, 0.3) is 11.5 Å². The molecule has 1 aliphatic rings. The van der Waals surface area contributed by atoms with Crippen LogP contribution in [-0.2, 0) is 17.4 Å². The Morgan fingerprint density at radius 2 is 1.94 bits per heavy atom. The standard InChI is InChI=1S/C21H21F3N6O2/c22-21(23,24)15-5-6-17(26-14-15)29-10-3-11-30(13-12-29)19(31)8-7-18-27-20(28-32-18)16-4-1-2-9-25-16/h1-2,4-6,9,14H,3,7-8,10-13H2. The highest BCUT2D eigenvalue weighted by atomic mass is 19.4. The highest BCUT2D eigenvalue weighted by Crippen LogP contribution is 2.29. The van der Waals surface area contributed by atoms with E-state index in [0.717, 1.165) is 12.3 Å². The Bertz CT molecular complexity index is 1040. The first-order chi connectivity index (χ1) is 15.4. The molecule has 32 heavy (non-hydrogen) atoms. The van der Waals surface area contributed by atoms with Gasteiger partial charge in [-0.25, -0.2) is 4.98 Å². The van der Waals surface area contributed by atoms with Gasteiger partial charge in [0.25, 0.3) is 0 Å². The van der Waals surface area contributed by atoms with E-state index in [-0.39, 0.29) is 12.3 Å². The summed E-state index contributed by atoms with van der Waals surface area (Å²) in [7, 11) is 0. The van der Waals surface area contributed by atoms with Crippen LogP contribution in [0.3, 0.4) is 0 Å². The van der Waals surface area contributed by atoms with Crippen LogP contribution >= 0.6 is 0 Å². The summed E-state index contributed by atoms with van der Waals surface area (Å²) in [4.78, 5) is 28.7. The SMILES string of the molecule is O=C(CCc1nc(-c2ccccn2)no1)N1CCCN(c2ccc(C(F)(F)F)cn2)CC1. The quantitative estimate of drug-likeness (QED) is 0.595. The normalized spacial score (nSPS) is 15.0. The van der Waals surface area contributed by atoms with Crippen molar-refractivity contribution in [2.75, 3.05) is 31.1 Å². The second-order valence-corrected chi connectivity index (χ2v) is 7.35. The van der Waals surface area contributed by atoms with Gasteiger partial charge in [-0.3, -0.25) is 9.78 Å². The number of pyridine rings is 2. The van der Waals surface area contributed by atoms with Crippen molar-refractivity contribution < 1.29 is 22.5 Å². The fourth-order valence-electron chi connectivity index (χ4n) is 3.46. The zero-order chi connectivity index (χ0) is 22.6. The number of carbonyl (C=O) groups is 1. The van der Waals surface area contributed by atoms with Crippen molar-refractivity contribution in [3.63, 3.8) is 0 Å². The van der Waals surface area contributed by atoms with Gasteiger partial charge in [0, 0.05) is 51.4 Å². The highest BCUT2D eigenvalue weighted by Gasteiger charge is 2.31. The Kier molecular flexibility index (Phi) is 6.33. The number of aryl methyl sites for hydroxylation is 1. The van der Waals surface area contributed by atoms with Crippen LogP contribution in [0.1, 0.15) is 24.3 Å². The van der Waals surface area contributed by atoms with E-state index in [1.807, 2.05) is 11.0 Å². The number of anilines is 1. The lowest BCUT2D eigenvalue weighted by atomic mass is 10.2. The maximum absolute atomic E-state index is 12.7. The summed E-state index contributed by atoms with van der Waals surface area (Å²) >= 11 is 0. The van der Waals surface area contributed by atoms with E-state index >= 15 is 0 Å². The average Bonchev–Trinajstić information content (AvgIpc) is 3.13. The number of alkyl halides is 3. The number of hydrogen-bond donors (Lipinski definition) is 0. The van der Waals surface area contributed by atoms with Gasteiger partial charge in [-0.1, -0.05) is 11.2 Å². The second-order valence-electron chi connectivity index (χ2n) is 7.35. The van der Waals surface area contributed by atoms with E-state index < -0.39 is 11.7 Å². The van der Waals surface area contributed by atoms with Gasteiger partial charge in [0.15, 0.2) is 0 Å². The summed E-state index contributed by atoms with van der Waals surface area (Å²) in [6, 6.07) is 7.78. The third-order valence-corrected chi connectivity index (χ3v) is 5.16. The van der Waals surface area contributed by atoms with Crippen molar-refractivity contribution >= 4 is 11.7 Å². The number of nitrogens with zero attached hydrogens (tertiary/aromatic N) is 6. The number of rotatable bonds is 5. The first-order valence-corrected chi connectivity index (χ1v) is 10.2. The molecule has 3 aromatic heterocycles. The third kappa shape index (κ3) is 5.21. The number of halogens is 3. The Morgan fingerprint density at radius 1 is 1.06 bits per heavy atom. The van der Waals surface area contributed by atoms with Crippen LogP contribution in [0.4, 0.5) is 19.0 Å². The fraction of sp³-hybridized carbons (Fsp3) is 0.381. The molecule has 4 heterocycles. The summed E-state index contributed by atoms with van der Waals surface area (Å²) in [5.41, 5.74) is -0.182. The predicted octanol–water partition coefficient (Wildman–Crippen LogP) is 3.22. The van der Waals surface area contributed by atoms with Gasteiger partial charge in [0.1, 0.15) is 11.5 Å². The number of amides is 1. The molecule has 0 aromatic carbocycles. The second kappa shape index (κ2) is 9.33. The fourth-order valence-corrected chi connectivity index (χ4v) is 3.46. The summed E-state index contributed by atoms with van der Waals surface area (Å²) < 4.78 is 43.4. The lowest BCUT2D eigenvalue weighted by Crippen LogP contribution is -2.35. The van der Waals surface area contributed by atoms with E-state index in [1.54, 1.807) is 23.2 Å². The van der Waals surface area contributed by atoms with Crippen LogP contribution in [0, 0.1) is 0 Å². The molecular formula is C21H21F3N6O2. The Labute approximate surface area is 182 Å². The van der Waals surface area contributed by atoms with Crippen LogP contribution in [-0.4, -0.2) is 57.1 Å². The first kappa shape index (κ1) is 21.7. The minimum absolute atomic E-state index is 0.0372. The van der Waals surface area contributed by atoms with Gasteiger partial charge in [0.2, 0.25) is 17.6 Å². The van der Waals surface area contributed by atoms with Crippen molar-refractivity contribution in [2.45, 2.75) is 25.4 Å². The monoisotopic (exact) mass is 446 g/mol. The largest absolute Gasteiger partial charge is 0.417 e. The molecule has 0 unspecified atom stereocenters. The zero-order valence-electron chi connectivity index (χ0n) is 17.1. The Balaban J connectivity index is 1.30. The molecule has 0 radical (unpaired) electrons. The van der Waals surface area contributed by atoms with Gasteiger partial charge in [-0.15, -0.1) is 0 Å². The van der Waals surface area contributed by atoms with Gasteiger partial charge in [0.05, 0.1) is 5.56 Å². The van der Waals surface area contributed by atoms with Gasteiger partial charge in [-0.2, -0.15) is 18.2 Å². The zero-order valence-corrected chi connectivity index (χ0v) is 17.1. The van der Waals surface area contributed by atoms with Crippen molar-refractivity contribution in [3.05, 3.63) is 54.2 Å². The molecule has 11 heteroatoms. The average molecular weight is 446 g/mol. The number of aromatic nitrogens is 4. The van der Waals surface area contributed by atoms with Gasteiger partial charge >= 0.3 is 6.18 Å². The molecule has 1 fully saturated rings. The van der Waals surface area contributed by atoms with Crippen LogP contribution in [0.2, 0.25) is 0 Å². The molecule has 3 aromatic rings. The van der Waals surface area contributed by atoms with E-state index in [1.165, 1.54) is 6.07 Å². The molecule has 0 N–H and O–H groups in total. The molecule has 168 valence electrons.